The first-order valence-electron chi connectivity index (χ1n) is 9.29. The first kappa shape index (κ1) is 21.9. The molecule has 2 aromatic rings. The van der Waals surface area contributed by atoms with E-state index in [0.29, 0.717) is 11.0 Å². The Kier molecular flexibility index (Phi) is 7.37. The molecule has 5 nitrogen and oxygen atoms in total. The van der Waals surface area contributed by atoms with E-state index >= 15 is 0 Å². The van der Waals surface area contributed by atoms with Crippen molar-refractivity contribution in [2.45, 2.75) is 38.1 Å². The molecule has 0 atom stereocenters. The number of likely N-dealkylation sites (tertiary alicyclic amines) is 1. The van der Waals surface area contributed by atoms with Gasteiger partial charge in [0.05, 0.1) is 6.54 Å². The van der Waals surface area contributed by atoms with Crippen molar-refractivity contribution in [3.05, 3.63) is 50.9 Å². The highest BCUT2D eigenvalue weighted by molar-refractivity contribution is 7.09. The van der Waals surface area contributed by atoms with Crippen LogP contribution < -0.4 is 10.6 Å². The molecule has 1 fully saturated rings. The van der Waals surface area contributed by atoms with Gasteiger partial charge in [-0.05, 0) is 30.5 Å². The average Bonchev–Trinajstić information content (AvgIpc) is 3.18. The maximum Gasteiger partial charge on any atom is 0.434 e. The van der Waals surface area contributed by atoms with Gasteiger partial charge in [0, 0.05) is 43.1 Å². The third-order valence-electron chi connectivity index (χ3n) is 4.72. The van der Waals surface area contributed by atoms with Gasteiger partial charge in [0.1, 0.15) is 5.01 Å². The SMILES string of the molecule is CN=C(NCc1nc(C(F)(F)F)cs1)NC1CCN(Cc2ccc(Cl)cc2)CC1. The third-order valence-corrected chi connectivity index (χ3v) is 5.82. The molecule has 29 heavy (non-hydrogen) atoms. The number of benzene rings is 1. The van der Waals surface area contributed by atoms with Gasteiger partial charge in [0.25, 0.3) is 0 Å². The Bertz CT molecular complexity index is 814. The van der Waals surface area contributed by atoms with E-state index in [0.717, 1.165) is 54.2 Å². The van der Waals surface area contributed by atoms with Gasteiger partial charge in [-0.15, -0.1) is 11.3 Å². The van der Waals surface area contributed by atoms with Crippen molar-refractivity contribution in [3.8, 4) is 0 Å². The van der Waals surface area contributed by atoms with Crippen molar-refractivity contribution in [3.63, 3.8) is 0 Å². The second-order valence-electron chi connectivity index (χ2n) is 6.87. The quantitative estimate of drug-likeness (QED) is 0.536. The lowest BCUT2D eigenvalue weighted by molar-refractivity contribution is -0.140. The Hall–Kier alpha value is -1.84. The molecule has 1 saturated heterocycles. The molecule has 1 aliphatic heterocycles. The number of alkyl halides is 3. The van der Waals surface area contributed by atoms with Crippen molar-refractivity contribution >= 4 is 28.9 Å². The molecule has 0 spiro atoms. The molecule has 0 amide bonds. The second-order valence-corrected chi connectivity index (χ2v) is 8.25. The van der Waals surface area contributed by atoms with Gasteiger partial charge in [-0.3, -0.25) is 9.89 Å². The summed E-state index contributed by atoms with van der Waals surface area (Å²) in [6, 6.07) is 8.16. The van der Waals surface area contributed by atoms with Gasteiger partial charge in [-0.25, -0.2) is 4.98 Å². The molecule has 10 heteroatoms. The van der Waals surface area contributed by atoms with Crippen LogP contribution in [0.25, 0.3) is 0 Å². The van der Waals surface area contributed by atoms with E-state index in [-0.39, 0.29) is 12.6 Å². The molecule has 0 radical (unpaired) electrons. The monoisotopic (exact) mass is 445 g/mol. The Morgan fingerprint density at radius 2 is 1.97 bits per heavy atom. The summed E-state index contributed by atoms with van der Waals surface area (Å²) in [6.45, 7) is 3.01. The maximum absolute atomic E-state index is 12.6. The van der Waals surface area contributed by atoms with Crippen LogP contribution in [0.2, 0.25) is 5.02 Å². The number of guanidine groups is 1. The molecule has 2 heterocycles. The largest absolute Gasteiger partial charge is 0.434 e. The summed E-state index contributed by atoms with van der Waals surface area (Å²) in [6.07, 6.45) is -2.48. The normalized spacial score (nSPS) is 16.8. The Morgan fingerprint density at radius 1 is 1.28 bits per heavy atom. The summed E-state index contributed by atoms with van der Waals surface area (Å²) in [7, 11) is 1.65. The van der Waals surface area contributed by atoms with Crippen LogP contribution in [0.5, 0.6) is 0 Å². The number of aromatic nitrogens is 1. The van der Waals surface area contributed by atoms with E-state index in [1.807, 2.05) is 24.3 Å². The van der Waals surface area contributed by atoms with Crippen molar-refractivity contribution in [2.75, 3.05) is 20.1 Å². The number of hydrogen-bond acceptors (Lipinski definition) is 4. The molecule has 3 rings (SSSR count). The lowest BCUT2D eigenvalue weighted by atomic mass is 10.0. The molecule has 0 bridgehead atoms. The predicted molar refractivity (Wildman–Crippen MR) is 110 cm³/mol. The molecule has 1 aliphatic rings. The van der Waals surface area contributed by atoms with Gasteiger partial charge in [0.15, 0.2) is 11.7 Å². The maximum atomic E-state index is 12.6. The first-order valence-corrected chi connectivity index (χ1v) is 10.5. The number of nitrogens with one attached hydrogen (secondary N) is 2. The van der Waals surface area contributed by atoms with Crippen LogP contribution in [0.4, 0.5) is 13.2 Å². The van der Waals surface area contributed by atoms with Gasteiger partial charge in [-0.2, -0.15) is 13.2 Å². The minimum absolute atomic E-state index is 0.204. The number of piperidine rings is 1. The summed E-state index contributed by atoms with van der Waals surface area (Å²) in [4.78, 5) is 10.2. The fourth-order valence-corrected chi connectivity index (χ4v) is 4.02. The lowest BCUT2D eigenvalue weighted by Gasteiger charge is -2.33. The van der Waals surface area contributed by atoms with E-state index in [1.165, 1.54) is 5.56 Å². The molecule has 1 aromatic heterocycles. The number of thiazole rings is 1. The van der Waals surface area contributed by atoms with Gasteiger partial charge >= 0.3 is 6.18 Å². The summed E-state index contributed by atoms with van der Waals surface area (Å²) >= 11 is 6.92. The minimum atomic E-state index is -4.41. The van der Waals surface area contributed by atoms with Gasteiger partial charge in [0.2, 0.25) is 0 Å². The summed E-state index contributed by atoms with van der Waals surface area (Å²) in [5, 5.41) is 8.55. The van der Waals surface area contributed by atoms with Crippen LogP contribution in [-0.4, -0.2) is 42.0 Å². The Balaban J connectivity index is 1.42. The zero-order valence-electron chi connectivity index (χ0n) is 16.0. The van der Waals surface area contributed by atoms with Gasteiger partial charge < -0.3 is 10.6 Å². The van der Waals surface area contributed by atoms with Crippen LogP contribution in [0.3, 0.4) is 0 Å². The molecule has 0 unspecified atom stereocenters. The average molecular weight is 446 g/mol. The third kappa shape index (κ3) is 6.58. The fraction of sp³-hybridized carbons (Fsp3) is 0.474. The van der Waals surface area contributed by atoms with Crippen molar-refractivity contribution in [2.24, 2.45) is 4.99 Å². The molecular formula is C19H23ClF3N5S. The standard InChI is InChI=1S/C19H23ClF3N5S/c1-24-18(25-10-17-27-16(12-29-17)19(21,22)23)26-15-6-8-28(9-7-15)11-13-2-4-14(20)5-3-13/h2-5,12,15H,6-11H2,1H3,(H2,24,25,26). The van der Waals surface area contributed by atoms with E-state index in [4.69, 9.17) is 11.6 Å². The molecule has 0 saturated carbocycles. The topological polar surface area (TPSA) is 52.6 Å². The summed E-state index contributed by atoms with van der Waals surface area (Å²) in [5.74, 6) is 0.574. The predicted octanol–water partition coefficient (Wildman–Crippen LogP) is 4.14. The number of rotatable bonds is 5. The van der Waals surface area contributed by atoms with E-state index in [2.05, 4.69) is 25.5 Å². The van der Waals surface area contributed by atoms with Gasteiger partial charge in [-0.1, -0.05) is 23.7 Å². The van der Waals surface area contributed by atoms with E-state index in [9.17, 15) is 13.2 Å². The molecule has 0 aliphatic carbocycles. The molecule has 158 valence electrons. The molecule has 2 N–H and O–H groups in total. The summed E-state index contributed by atoms with van der Waals surface area (Å²) in [5.41, 5.74) is 0.385. The van der Waals surface area contributed by atoms with Crippen molar-refractivity contribution < 1.29 is 13.2 Å². The Morgan fingerprint density at radius 3 is 2.55 bits per heavy atom. The van der Waals surface area contributed by atoms with Crippen LogP contribution in [0, 0.1) is 0 Å². The zero-order valence-corrected chi connectivity index (χ0v) is 17.5. The van der Waals surface area contributed by atoms with Crippen LogP contribution in [0.15, 0.2) is 34.6 Å². The molecule has 1 aromatic carbocycles. The highest BCUT2D eigenvalue weighted by atomic mass is 35.5. The fourth-order valence-electron chi connectivity index (χ4n) is 3.15. The highest BCUT2D eigenvalue weighted by Gasteiger charge is 2.33. The highest BCUT2D eigenvalue weighted by Crippen LogP contribution is 2.29. The number of hydrogen-bond donors (Lipinski definition) is 2. The Labute approximate surface area is 177 Å². The zero-order chi connectivity index (χ0) is 20.9. The van der Waals surface area contributed by atoms with Crippen LogP contribution >= 0.6 is 22.9 Å². The smallest absolute Gasteiger partial charge is 0.354 e. The number of aliphatic imine (C=N–C) groups is 1. The van der Waals surface area contributed by atoms with Crippen LogP contribution in [-0.2, 0) is 19.3 Å². The number of halogens is 4. The van der Waals surface area contributed by atoms with E-state index in [1.54, 1.807) is 7.05 Å². The minimum Gasteiger partial charge on any atom is -0.354 e. The van der Waals surface area contributed by atoms with Crippen molar-refractivity contribution in [1.82, 2.24) is 20.5 Å². The van der Waals surface area contributed by atoms with E-state index < -0.39 is 11.9 Å². The first-order chi connectivity index (χ1) is 13.8. The number of nitrogens with zero attached hydrogens (tertiary/aromatic N) is 3. The van der Waals surface area contributed by atoms with Crippen molar-refractivity contribution in [1.29, 1.82) is 0 Å². The second kappa shape index (κ2) is 9.77. The molecular weight excluding hydrogens is 423 g/mol. The lowest BCUT2D eigenvalue weighted by Crippen LogP contribution is -2.48. The van der Waals surface area contributed by atoms with Crippen LogP contribution in [0.1, 0.15) is 29.1 Å². The summed E-state index contributed by atoms with van der Waals surface area (Å²) < 4.78 is 37.9.